The first-order valence-electron chi connectivity index (χ1n) is 6.09. The molecule has 0 bridgehead atoms. The number of rotatable bonds is 2. The van der Waals surface area contributed by atoms with Crippen molar-refractivity contribution in [2.45, 2.75) is 38.6 Å². The van der Waals surface area contributed by atoms with E-state index in [1.165, 1.54) is 19.8 Å². The summed E-state index contributed by atoms with van der Waals surface area (Å²) in [7, 11) is 0. The van der Waals surface area contributed by atoms with E-state index in [0.29, 0.717) is 11.2 Å². The highest BCUT2D eigenvalue weighted by atomic mass is 32.1. The Morgan fingerprint density at radius 3 is 2.56 bits per heavy atom. The number of hydrogen-bond acceptors (Lipinski definition) is 1. The molecule has 0 atom stereocenters. The normalized spacial score (nSPS) is 15.7. The Labute approximate surface area is 111 Å². The van der Waals surface area contributed by atoms with Crippen LogP contribution in [0.5, 0.6) is 0 Å². The second-order valence-corrected chi connectivity index (χ2v) is 5.07. The predicted octanol–water partition coefficient (Wildman–Crippen LogP) is 3.50. The van der Waals surface area contributed by atoms with E-state index in [1.54, 1.807) is 0 Å². The van der Waals surface area contributed by atoms with Gasteiger partial charge in [-0.2, -0.15) is 0 Å². The molecule has 2 N–H and O–H groups in total. The third kappa shape index (κ3) is 3.16. The van der Waals surface area contributed by atoms with Crippen LogP contribution >= 0.6 is 12.2 Å². The van der Waals surface area contributed by atoms with Gasteiger partial charge in [0.05, 0.1) is 5.69 Å². The van der Waals surface area contributed by atoms with Crippen LogP contribution in [0.3, 0.4) is 0 Å². The number of thiocarbonyl (C=S) groups is 1. The molecule has 0 saturated heterocycles. The third-order valence-electron chi connectivity index (χ3n) is 3.19. The van der Waals surface area contributed by atoms with Gasteiger partial charge in [-0.15, -0.1) is 0 Å². The summed E-state index contributed by atoms with van der Waals surface area (Å²) in [6, 6.07) is 2.65. The molecule has 98 valence electrons. The largest absolute Gasteiger partial charge is 0.360 e. The highest BCUT2D eigenvalue weighted by Crippen LogP contribution is 2.20. The Hall–Kier alpha value is -1.23. The zero-order valence-corrected chi connectivity index (χ0v) is 11.0. The maximum Gasteiger partial charge on any atom is 0.171 e. The zero-order valence-electron chi connectivity index (χ0n) is 10.2. The Balaban J connectivity index is 2.00. The first kappa shape index (κ1) is 13.2. The fourth-order valence-electron chi connectivity index (χ4n) is 2.16. The number of halogens is 2. The lowest BCUT2D eigenvalue weighted by molar-refractivity contribution is 0.595. The molecule has 0 aromatic heterocycles. The molecule has 0 amide bonds. The Morgan fingerprint density at radius 2 is 1.89 bits per heavy atom. The topological polar surface area (TPSA) is 24.1 Å². The van der Waals surface area contributed by atoms with E-state index in [0.717, 1.165) is 25.0 Å². The number of anilines is 1. The van der Waals surface area contributed by atoms with Gasteiger partial charge in [-0.05, 0) is 43.6 Å². The van der Waals surface area contributed by atoms with Gasteiger partial charge in [0.1, 0.15) is 11.6 Å². The minimum atomic E-state index is -0.496. The fourth-order valence-corrected chi connectivity index (χ4v) is 2.43. The minimum absolute atomic E-state index is 0.0774. The summed E-state index contributed by atoms with van der Waals surface area (Å²) in [4.78, 5) is 0. The smallest absolute Gasteiger partial charge is 0.171 e. The highest BCUT2D eigenvalue weighted by molar-refractivity contribution is 7.80. The van der Waals surface area contributed by atoms with Gasteiger partial charge in [0.2, 0.25) is 0 Å². The molecule has 5 heteroatoms. The SMILES string of the molecule is Cc1cc(F)c(NC(=S)NC2CCCC2)cc1F. The van der Waals surface area contributed by atoms with Crippen molar-refractivity contribution >= 4 is 23.0 Å². The van der Waals surface area contributed by atoms with E-state index in [9.17, 15) is 8.78 Å². The van der Waals surface area contributed by atoms with Crippen molar-refractivity contribution in [1.29, 1.82) is 0 Å². The molecule has 1 aromatic rings. The molecule has 0 heterocycles. The molecule has 1 aliphatic carbocycles. The van der Waals surface area contributed by atoms with Crippen molar-refractivity contribution in [3.8, 4) is 0 Å². The maximum absolute atomic E-state index is 13.6. The summed E-state index contributed by atoms with van der Waals surface area (Å²) < 4.78 is 26.9. The van der Waals surface area contributed by atoms with Crippen molar-refractivity contribution in [2.24, 2.45) is 0 Å². The molecule has 1 fully saturated rings. The van der Waals surface area contributed by atoms with Gasteiger partial charge in [0.15, 0.2) is 5.11 Å². The average molecular weight is 270 g/mol. The minimum Gasteiger partial charge on any atom is -0.360 e. The summed E-state index contributed by atoms with van der Waals surface area (Å²) in [5, 5.41) is 6.18. The summed E-state index contributed by atoms with van der Waals surface area (Å²) in [5.74, 6) is -0.938. The van der Waals surface area contributed by atoms with Crippen LogP contribution in [0.25, 0.3) is 0 Å². The Kier molecular flexibility index (Phi) is 4.11. The molecule has 0 aliphatic heterocycles. The molecule has 18 heavy (non-hydrogen) atoms. The van der Waals surface area contributed by atoms with Gasteiger partial charge >= 0.3 is 0 Å². The lowest BCUT2D eigenvalue weighted by Crippen LogP contribution is -2.36. The molecule has 0 radical (unpaired) electrons. The molecular formula is C13H16F2N2S. The average Bonchev–Trinajstić information content (AvgIpc) is 2.78. The van der Waals surface area contributed by atoms with Crippen LogP contribution < -0.4 is 10.6 Å². The summed E-state index contributed by atoms with van der Waals surface area (Å²) in [6.45, 7) is 1.53. The predicted molar refractivity (Wildman–Crippen MR) is 72.7 cm³/mol. The second kappa shape index (κ2) is 5.61. The standard InChI is InChI=1S/C13H16F2N2S/c1-8-6-11(15)12(7-10(8)14)17-13(18)16-9-4-2-3-5-9/h6-7,9H,2-5H2,1H3,(H2,16,17,18). The molecule has 0 spiro atoms. The summed E-state index contributed by atoms with van der Waals surface area (Å²) >= 11 is 5.10. The van der Waals surface area contributed by atoms with E-state index in [4.69, 9.17) is 12.2 Å². The Bertz CT molecular complexity index is 457. The number of hydrogen-bond donors (Lipinski definition) is 2. The van der Waals surface area contributed by atoms with Crippen molar-refractivity contribution in [3.63, 3.8) is 0 Å². The van der Waals surface area contributed by atoms with Gasteiger partial charge in [-0.3, -0.25) is 0 Å². The lowest BCUT2D eigenvalue weighted by atomic mass is 10.2. The van der Waals surface area contributed by atoms with Gasteiger partial charge in [-0.25, -0.2) is 8.78 Å². The highest BCUT2D eigenvalue weighted by Gasteiger charge is 2.16. The summed E-state index contributed by atoms with van der Waals surface area (Å²) in [5.41, 5.74) is 0.362. The van der Waals surface area contributed by atoms with Crippen LogP contribution in [0, 0.1) is 18.6 Å². The van der Waals surface area contributed by atoms with Gasteiger partial charge in [-0.1, -0.05) is 12.8 Å². The van der Waals surface area contributed by atoms with Crippen LogP contribution in [0.1, 0.15) is 31.2 Å². The van der Waals surface area contributed by atoms with E-state index < -0.39 is 11.6 Å². The van der Waals surface area contributed by atoms with Crippen LogP contribution in [0.4, 0.5) is 14.5 Å². The number of nitrogens with one attached hydrogen (secondary N) is 2. The van der Waals surface area contributed by atoms with Crippen LogP contribution in [0.15, 0.2) is 12.1 Å². The Morgan fingerprint density at radius 1 is 1.22 bits per heavy atom. The van der Waals surface area contributed by atoms with Crippen LogP contribution in [0.2, 0.25) is 0 Å². The van der Waals surface area contributed by atoms with E-state index in [2.05, 4.69) is 10.6 Å². The van der Waals surface area contributed by atoms with Crippen LogP contribution in [-0.4, -0.2) is 11.2 Å². The van der Waals surface area contributed by atoms with Crippen molar-refractivity contribution in [3.05, 3.63) is 29.3 Å². The van der Waals surface area contributed by atoms with E-state index in [-0.39, 0.29) is 11.3 Å². The molecule has 1 aliphatic rings. The number of aryl methyl sites for hydroxylation is 1. The summed E-state index contributed by atoms with van der Waals surface area (Å²) in [6.07, 6.45) is 4.53. The van der Waals surface area contributed by atoms with E-state index >= 15 is 0 Å². The van der Waals surface area contributed by atoms with Gasteiger partial charge in [0, 0.05) is 12.1 Å². The maximum atomic E-state index is 13.6. The van der Waals surface area contributed by atoms with E-state index in [1.807, 2.05) is 0 Å². The quantitative estimate of drug-likeness (QED) is 0.804. The molecule has 2 rings (SSSR count). The van der Waals surface area contributed by atoms with Crippen molar-refractivity contribution < 1.29 is 8.78 Å². The second-order valence-electron chi connectivity index (χ2n) is 4.66. The molecule has 2 nitrogen and oxygen atoms in total. The van der Waals surface area contributed by atoms with Gasteiger partial charge < -0.3 is 10.6 Å². The number of benzene rings is 1. The third-order valence-corrected chi connectivity index (χ3v) is 3.41. The van der Waals surface area contributed by atoms with Crippen molar-refractivity contribution in [2.75, 3.05) is 5.32 Å². The molecule has 1 saturated carbocycles. The zero-order chi connectivity index (χ0) is 13.1. The van der Waals surface area contributed by atoms with Gasteiger partial charge in [0.25, 0.3) is 0 Å². The fraction of sp³-hybridized carbons (Fsp3) is 0.462. The van der Waals surface area contributed by atoms with Crippen LogP contribution in [-0.2, 0) is 0 Å². The first-order chi connectivity index (χ1) is 8.56. The van der Waals surface area contributed by atoms with Crippen molar-refractivity contribution in [1.82, 2.24) is 5.32 Å². The monoisotopic (exact) mass is 270 g/mol. The molecular weight excluding hydrogens is 254 g/mol. The molecule has 0 unspecified atom stereocenters. The lowest BCUT2D eigenvalue weighted by Gasteiger charge is -2.16. The molecule has 1 aromatic carbocycles. The first-order valence-corrected chi connectivity index (χ1v) is 6.50.